The number of carbonyl (C=O) groups excluding carboxylic acids is 1. The quantitative estimate of drug-likeness (QED) is 0.739. The van der Waals surface area contributed by atoms with Crippen molar-refractivity contribution in [1.82, 2.24) is 20.4 Å². The van der Waals surface area contributed by atoms with Crippen LogP contribution >= 0.6 is 0 Å². The number of rotatable bonds is 8. The average molecular weight is 371 g/mol. The second kappa shape index (κ2) is 9.53. The zero-order valence-corrected chi connectivity index (χ0v) is 16.2. The summed E-state index contributed by atoms with van der Waals surface area (Å²) in [6.45, 7) is 7.84. The zero-order valence-electron chi connectivity index (χ0n) is 16.2. The normalized spacial score (nSPS) is 15.1. The van der Waals surface area contributed by atoms with Crippen LogP contribution in [0.1, 0.15) is 23.4 Å². The molecule has 1 aliphatic heterocycles. The van der Waals surface area contributed by atoms with Crippen LogP contribution in [0.15, 0.2) is 30.3 Å². The molecule has 7 nitrogen and oxygen atoms in total. The Morgan fingerprint density at radius 3 is 2.81 bits per heavy atom. The monoisotopic (exact) mass is 371 g/mol. The Labute approximate surface area is 160 Å². The number of aromatic nitrogens is 2. The molecule has 1 fully saturated rings. The lowest BCUT2D eigenvalue weighted by atomic mass is 10.2. The predicted octanol–water partition coefficient (Wildman–Crippen LogP) is 1.69. The van der Waals surface area contributed by atoms with E-state index in [0.29, 0.717) is 19.6 Å². The summed E-state index contributed by atoms with van der Waals surface area (Å²) >= 11 is 0. The molecule has 146 valence electrons. The molecule has 0 unspecified atom stereocenters. The number of methoxy groups -OCH3 is 1. The Morgan fingerprint density at radius 1 is 1.26 bits per heavy atom. The number of aryl methyl sites for hydroxylation is 1. The topological polar surface area (TPSA) is 73.5 Å². The highest BCUT2D eigenvalue weighted by molar-refractivity contribution is 5.76. The first-order valence-electron chi connectivity index (χ1n) is 9.47. The van der Waals surface area contributed by atoms with Crippen LogP contribution in [0.3, 0.4) is 0 Å². The van der Waals surface area contributed by atoms with E-state index in [1.54, 1.807) is 7.11 Å². The van der Waals surface area contributed by atoms with Crippen molar-refractivity contribution in [3.8, 4) is 0 Å². The van der Waals surface area contributed by atoms with Gasteiger partial charge in [0.2, 0.25) is 5.91 Å². The van der Waals surface area contributed by atoms with Gasteiger partial charge in [0.15, 0.2) is 0 Å². The van der Waals surface area contributed by atoms with Gasteiger partial charge in [0.1, 0.15) is 0 Å². The second-order valence-corrected chi connectivity index (χ2v) is 7.01. The highest BCUT2D eigenvalue weighted by Gasteiger charge is 2.17. The van der Waals surface area contributed by atoms with Crippen LogP contribution in [0, 0.1) is 6.92 Å². The lowest BCUT2D eigenvalue weighted by Gasteiger charge is -2.36. The predicted molar refractivity (Wildman–Crippen MR) is 106 cm³/mol. The molecule has 1 saturated heterocycles. The van der Waals surface area contributed by atoms with E-state index in [1.807, 2.05) is 6.07 Å². The number of ether oxygens (including phenoxy) is 1. The molecule has 2 aromatic rings. The smallest absolute Gasteiger partial charge is 0.221 e. The summed E-state index contributed by atoms with van der Waals surface area (Å²) in [4.78, 5) is 16.9. The van der Waals surface area contributed by atoms with Gasteiger partial charge in [-0.15, -0.1) is 0 Å². The molecule has 27 heavy (non-hydrogen) atoms. The molecule has 7 heteroatoms. The molecular formula is C20H29N5O2. The third kappa shape index (κ3) is 5.80. The summed E-state index contributed by atoms with van der Waals surface area (Å²) < 4.78 is 5.04. The fourth-order valence-electron chi connectivity index (χ4n) is 3.32. The Bertz CT molecular complexity index is 737. The van der Waals surface area contributed by atoms with Crippen molar-refractivity contribution in [2.45, 2.75) is 26.5 Å². The standard InChI is InChI=1S/C20H29N5O2/c1-16-4-3-5-19(12-16)25-10-8-24(9-11-25)7-6-20(26)21-14-17-13-18(15-27-2)23-22-17/h3-5,12-13H,6-11,14-15H2,1-2H3,(H,21,26)(H,22,23). The summed E-state index contributed by atoms with van der Waals surface area (Å²) in [5, 5.41) is 9.99. The lowest BCUT2D eigenvalue weighted by molar-refractivity contribution is -0.121. The number of benzene rings is 1. The van der Waals surface area contributed by atoms with Crippen LogP contribution in [0.2, 0.25) is 0 Å². The van der Waals surface area contributed by atoms with E-state index in [2.05, 4.69) is 56.5 Å². The second-order valence-electron chi connectivity index (χ2n) is 7.01. The maximum atomic E-state index is 12.1. The molecule has 0 spiro atoms. The van der Waals surface area contributed by atoms with E-state index in [4.69, 9.17) is 4.74 Å². The molecule has 0 bridgehead atoms. The SMILES string of the molecule is COCc1cc(CNC(=O)CCN2CCN(c3cccc(C)c3)CC2)[nH]n1. The van der Waals surface area contributed by atoms with E-state index >= 15 is 0 Å². The van der Waals surface area contributed by atoms with E-state index in [9.17, 15) is 4.79 Å². The number of carbonyl (C=O) groups is 1. The highest BCUT2D eigenvalue weighted by Crippen LogP contribution is 2.17. The lowest BCUT2D eigenvalue weighted by Crippen LogP contribution is -2.47. The van der Waals surface area contributed by atoms with E-state index < -0.39 is 0 Å². The highest BCUT2D eigenvalue weighted by atomic mass is 16.5. The molecule has 1 aromatic heterocycles. The van der Waals surface area contributed by atoms with Gasteiger partial charge in [0.05, 0.1) is 24.5 Å². The molecule has 1 aromatic carbocycles. The van der Waals surface area contributed by atoms with Gasteiger partial charge in [-0.2, -0.15) is 5.10 Å². The van der Waals surface area contributed by atoms with Gasteiger partial charge < -0.3 is 15.0 Å². The van der Waals surface area contributed by atoms with Crippen molar-refractivity contribution >= 4 is 11.6 Å². The van der Waals surface area contributed by atoms with Gasteiger partial charge in [-0.1, -0.05) is 12.1 Å². The summed E-state index contributed by atoms with van der Waals surface area (Å²) in [5.41, 5.74) is 4.31. The maximum absolute atomic E-state index is 12.1. The van der Waals surface area contributed by atoms with Crippen LogP contribution in [-0.4, -0.2) is 60.8 Å². The van der Waals surface area contributed by atoms with Gasteiger partial charge in [0.25, 0.3) is 0 Å². The molecule has 0 atom stereocenters. The molecule has 0 radical (unpaired) electrons. The molecule has 0 aliphatic carbocycles. The van der Waals surface area contributed by atoms with Crippen LogP contribution in [-0.2, 0) is 22.7 Å². The number of H-pyrrole nitrogens is 1. The molecule has 1 amide bonds. The van der Waals surface area contributed by atoms with Crippen LogP contribution in [0.4, 0.5) is 5.69 Å². The number of nitrogens with one attached hydrogen (secondary N) is 2. The van der Waals surface area contributed by atoms with Crippen molar-refractivity contribution < 1.29 is 9.53 Å². The minimum atomic E-state index is 0.0685. The van der Waals surface area contributed by atoms with Crippen molar-refractivity contribution in [1.29, 1.82) is 0 Å². The van der Waals surface area contributed by atoms with Crippen LogP contribution in [0.25, 0.3) is 0 Å². The van der Waals surface area contributed by atoms with E-state index in [0.717, 1.165) is 44.1 Å². The fourth-order valence-corrected chi connectivity index (χ4v) is 3.32. The van der Waals surface area contributed by atoms with Gasteiger partial charge in [-0.3, -0.25) is 14.8 Å². The summed E-state index contributed by atoms with van der Waals surface area (Å²) in [5.74, 6) is 0.0685. The van der Waals surface area contributed by atoms with Gasteiger partial charge in [-0.25, -0.2) is 0 Å². The zero-order chi connectivity index (χ0) is 19.1. The van der Waals surface area contributed by atoms with Crippen molar-refractivity contribution in [3.05, 3.63) is 47.3 Å². The molecule has 1 aliphatic rings. The largest absolute Gasteiger partial charge is 0.378 e. The van der Waals surface area contributed by atoms with Gasteiger partial charge in [-0.05, 0) is 30.7 Å². The number of piperazine rings is 1. The third-order valence-corrected chi connectivity index (χ3v) is 4.85. The van der Waals surface area contributed by atoms with Crippen molar-refractivity contribution in [3.63, 3.8) is 0 Å². The Morgan fingerprint density at radius 2 is 2.07 bits per heavy atom. The van der Waals surface area contributed by atoms with E-state index in [1.165, 1.54) is 11.3 Å². The van der Waals surface area contributed by atoms with Gasteiger partial charge in [0, 0.05) is 51.9 Å². The Kier molecular flexibility index (Phi) is 6.84. The maximum Gasteiger partial charge on any atom is 0.221 e. The van der Waals surface area contributed by atoms with E-state index in [-0.39, 0.29) is 5.91 Å². The summed E-state index contributed by atoms with van der Waals surface area (Å²) in [7, 11) is 1.64. The first-order chi connectivity index (χ1) is 13.1. The molecule has 2 N–H and O–H groups in total. The van der Waals surface area contributed by atoms with Crippen molar-refractivity contribution in [2.24, 2.45) is 0 Å². The first kappa shape index (κ1) is 19.4. The number of hydrogen-bond donors (Lipinski definition) is 2. The Balaban J connectivity index is 1.35. The molecule has 2 heterocycles. The summed E-state index contributed by atoms with van der Waals surface area (Å²) in [6, 6.07) is 10.5. The minimum Gasteiger partial charge on any atom is -0.378 e. The third-order valence-electron chi connectivity index (χ3n) is 4.85. The number of nitrogens with zero attached hydrogens (tertiary/aromatic N) is 3. The minimum absolute atomic E-state index is 0.0685. The van der Waals surface area contributed by atoms with Crippen LogP contribution in [0.5, 0.6) is 0 Å². The Hall–Kier alpha value is -2.38. The molecule has 0 saturated carbocycles. The average Bonchev–Trinajstić information content (AvgIpc) is 3.13. The summed E-state index contributed by atoms with van der Waals surface area (Å²) in [6.07, 6.45) is 0.517. The fraction of sp³-hybridized carbons (Fsp3) is 0.500. The molecular weight excluding hydrogens is 342 g/mol. The number of aromatic amines is 1. The number of hydrogen-bond acceptors (Lipinski definition) is 5. The number of amides is 1. The van der Waals surface area contributed by atoms with Crippen molar-refractivity contribution in [2.75, 3.05) is 44.7 Å². The number of anilines is 1. The molecule has 3 rings (SSSR count). The first-order valence-corrected chi connectivity index (χ1v) is 9.47. The van der Waals surface area contributed by atoms with Gasteiger partial charge >= 0.3 is 0 Å². The van der Waals surface area contributed by atoms with Crippen LogP contribution < -0.4 is 10.2 Å².